The van der Waals surface area contributed by atoms with Gasteiger partial charge < -0.3 is 10.1 Å². The Balaban J connectivity index is 2.13. The number of nitrogens with zero attached hydrogens (tertiary/aromatic N) is 1. The van der Waals surface area contributed by atoms with Crippen molar-refractivity contribution in [1.29, 1.82) is 0 Å². The second-order valence-corrected chi connectivity index (χ2v) is 7.14. The number of benzene rings is 1. The monoisotopic (exact) mass is 359 g/mol. The van der Waals surface area contributed by atoms with Crippen LogP contribution < -0.4 is 14.8 Å². The molecule has 1 heterocycles. The fourth-order valence-corrected chi connectivity index (χ4v) is 3.66. The van der Waals surface area contributed by atoms with Crippen molar-refractivity contribution in [3.8, 4) is 17.0 Å². The molecule has 2 amide bonds. The summed E-state index contributed by atoms with van der Waals surface area (Å²) in [5, 5.41) is 2.91. The van der Waals surface area contributed by atoms with Crippen molar-refractivity contribution in [3.05, 3.63) is 41.1 Å². The topological polar surface area (TPSA) is 80.3 Å². The maximum absolute atomic E-state index is 12.2. The Kier molecular flexibility index (Phi) is 5.03. The highest BCUT2D eigenvalue weighted by Gasteiger charge is 2.23. The zero-order valence-electron chi connectivity index (χ0n) is 14.5. The minimum atomic E-state index is -1.42. The fourth-order valence-electron chi connectivity index (χ4n) is 3.35. The van der Waals surface area contributed by atoms with Crippen LogP contribution in [0.3, 0.4) is 0 Å². The SMILES string of the molecule is COc1cc(-c2c(C)cc3c(c2NC(=O)NS(C)=O)CCC3)ccn1. The third kappa shape index (κ3) is 3.66. The van der Waals surface area contributed by atoms with E-state index in [1.807, 2.05) is 19.1 Å². The number of carbonyl (C=O) groups excluding carboxylic acids is 1. The third-order valence-electron chi connectivity index (χ3n) is 4.30. The van der Waals surface area contributed by atoms with Crippen LogP contribution in [0.15, 0.2) is 24.4 Å². The standard InChI is InChI=1S/C18H21N3O3S/c1-11-9-12-5-4-6-14(12)17(20-18(22)21-25(3)23)16(11)13-7-8-19-15(10-13)24-2/h7-10H,4-6H2,1-3H3,(H2,20,21,22). The van der Waals surface area contributed by atoms with E-state index in [2.05, 4.69) is 21.1 Å². The average molecular weight is 359 g/mol. The van der Waals surface area contributed by atoms with E-state index in [0.717, 1.165) is 47.2 Å². The number of urea groups is 1. The second-order valence-electron chi connectivity index (χ2n) is 6.03. The Morgan fingerprint density at radius 3 is 2.84 bits per heavy atom. The minimum Gasteiger partial charge on any atom is -0.481 e. The molecule has 2 N–H and O–H groups in total. The molecule has 1 aromatic heterocycles. The van der Waals surface area contributed by atoms with Gasteiger partial charge in [-0.05, 0) is 54.5 Å². The van der Waals surface area contributed by atoms with Crippen LogP contribution in [0.1, 0.15) is 23.1 Å². The Bertz CT molecular complexity index is 852. The number of anilines is 1. The first-order valence-electron chi connectivity index (χ1n) is 8.06. The smallest absolute Gasteiger partial charge is 0.331 e. The Hall–Kier alpha value is -2.41. The zero-order valence-corrected chi connectivity index (χ0v) is 15.3. The van der Waals surface area contributed by atoms with Gasteiger partial charge in [-0.2, -0.15) is 0 Å². The number of hydrogen-bond donors (Lipinski definition) is 2. The molecule has 0 saturated heterocycles. The normalized spacial score (nSPS) is 13.9. The first-order valence-corrected chi connectivity index (χ1v) is 9.62. The predicted octanol–water partition coefficient (Wildman–Crippen LogP) is 2.97. The number of nitrogens with one attached hydrogen (secondary N) is 2. The van der Waals surface area contributed by atoms with Gasteiger partial charge in [-0.3, -0.25) is 4.72 Å². The highest BCUT2D eigenvalue weighted by atomic mass is 32.2. The van der Waals surface area contributed by atoms with E-state index >= 15 is 0 Å². The Morgan fingerprint density at radius 2 is 2.12 bits per heavy atom. The van der Waals surface area contributed by atoms with Gasteiger partial charge >= 0.3 is 6.03 Å². The molecule has 7 heteroatoms. The summed E-state index contributed by atoms with van der Waals surface area (Å²) in [6, 6.07) is 5.46. The van der Waals surface area contributed by atoms with Gasteiger partial charge in [0, 0.05) is 24.1 Å². The summed E-state index contributed by atoms with van der Waals surface area (Å²) in [6.45, 7) is 2.03. The maximum atomic E-state index is 12.2. The summed E-state index contributed by atoms with van der Waals surface area (Å²) >= 11 is 0. The Labute approximate surface area is 149 Å². The largest absolute Gasteiger partial charge is 0.481 e. The molecule has 0 spiro atoms. The van der Waals surface area contributed by atoms with Crippen LogP contribution in [0.4, 0.5) is 10.5 Å². The lowest BCUT2D eigenvalue weighted by molar-refractivity contribution is 0.257. The van der Waals surface area contributed by atoms with E-state index in [4.69, 9.17) is 4.74 Å². The summed E-state index contributed by atoms with van der Waals surface area (Å²) in [6.07, 6.45) is 6.09. The van der Waals surface area contributed by atoms with E-state index in [1.54, 1.807) is 13.3 Å². The number of ether oxygens (including phenoxy) is 1. The number of hydrogen-bond acceptors (Lipinski definition) is 4. The number of carbonyl (C=O) groups is 1. The summed E-state index contributed by atoms with van der Waals surface area (Å²) in [4.78, 5) is 16.3. The molecule has 6 nitrogen and oxygen atoms in total. The maximum Gasteiger partial charge on any atom is 0.331 e. The Morgan fingerprint density at radius 1 is 1.32 bits per heavy atom. The van der Waals surface area contributed by atoms with Crippen molar-refractivity contribution >= 4 is 22.7 Å². The molecule has 1 aromatic carbocycles. The first-order chi connectivity index (χ1) is 12.0. The van der Waals surface area contributed by atoms with Crippen molar-refractivity contribution in [2.45, 2.75) is 26.2 Å². The van der Waals surface area contributed by atoms with Crippen LogP contribution in [-0.2, 0) is 23.8 Å². The van der Waals surface area contributed by atoms with Gasteiger partial charge in [0.1, 0.15) is 11.0 Å². The lowest BCUT2D eigenvalue weighted by Crippen LogP contribution is -2.30. The van der Waals surface area contributed by atoms with Gasteiger partial charge in [-0.1, -0.05) is 6.07 Å². The van der Waals surface area contributed by atoms with E-state index in [0.29, 0.717) is 5.88 Å². The molecule has 25 heavy (non-hydrogen) atoms. The van der Waals surface area contributed by atoms with E-state index < -0.39 is 17.0 Å². The quantitative estimate of drug-likeness (QED) is 0.879. The lowest BCUT2D eigenvalue weighted by Gasteiger charge is -2.19. The molecule has 0 bridgehead atoms. The summed E-state index contributed by atoms with van der Waals surface area (Å²) in [7, 11) is 0.153. The van der Waals surface area contributed by atoms with Gasteiger partial charge in [-0.25, -0.2) is 14.0 Å². The van der Waals surface area contributed by atoms with Gasteiger partial charge in [0.25, 0.3) is 0 Å². The van der Waals surface area contributed by atoms with E-state index in [1.165, 1.54) is 11.8 Å². The van der Waals surface area contributed by atoms with Crippen LogP contribution in [-0.4, -0.2) is 28.6 Å². The molecule has 1 unspecified atom stereocenters. The summed E-state index contributed by atoms with van der Waals surface area (Å²) in [5.74, 6) is 0.516. The molecular formula is C18H21N3O3S. The van der Waals surface area contributed by atoms with Crippen LogP contribution in [0.5, 0.6) is 5.88 Å². The number of aromatic nitrogens is 1. The van der Waals surface area contributed by atoms with Gasteiger partial charge in [0.15, 0.2) is 0 Å². The summed E-state index contributed by atoms with van der Waals surface area (Å²) < 4.78 is 18.9. The minimum absolute atomic E-state index is 0.470. The van der Waals surface area contributed by atoms with Gasteiger partial charge in [0.2, 0.25) is 5.88 Å². The molecule has 2 aromatic rings. The number of pyridine rings is 1. The number of amides is 2. The molecule has 0 fully saturated rings. The molecular weight excluding hydrogens is 338 g/mol. The third-order valence-corrected chi connectivity index (χ3v) is 4.78. The number of aryl methyl sites for hydroxylation is 2. The molecule has 3 rings (SSSR count). The molecule has 0 saturated carbocycles. The van der Waals surface area contributed by atoms with E-state index in [9.17, 15) is 9.00 Å². The van der Waals surface area contributed by atoms with Gasteiger partial charge in [0.05, 0.1) is 12.8 Å². The van der Waals surface area contributed by atoms with Crippen molar-refractivity contribution in [2.24, 2.45) is 0 Å². The highest BCUT2D eigenvalue weighted by Crippen LogP contribution is 2.40. The molecule has 1 aliphatic carbocycles. The van der Waals surface area contributed by atoms with E-state index in [-0.39, 0.29) is 0 Å². The summed E-state index contributed by atoms with van der Waals surface area (Å²) in [5.41, 5.74) is 6.12. The van der Waals surface area contributed by atoms with Crippen LogP contribution in [0.25, 0.3) is 11.1 Å². The predicted molar refractivity (Wildman–Crippen MR) is 99.2 cm³/mol. The van der Waals surface area contributed by atoms with Crippen LogP contribution in [0, 0.1) is 6.92 Å². The van der Waals surface area contributed by atoms with Crippen molar-refractivity contribution < 1.29 is 13.7 Å². The fraction of sp³-hybridized carbons (Fsp3) is 0.333. The molecule has 0 aliphatic heterocycles. The second kappa shape index (κ2) is 7.23. The van der Waals surface area contributed by atoms with Crippen molar-refractivity contribution in [3.63, 3.8) is 0 Å². The number of rotatable bonds is 4. The lowest BCUT2D eigenvalue weighted by atomic mass is 9.93. The van der Waals surface area contributed by atoms with Crippen molar-refractivity contribution in [1.82, 2.24) is 9.71 Å². The molecule has 0 radical (unpaired) electrons. The van der Waals surface area contributed by atoms with Crippen LogP contribution >= 0.6 is 0 Å². The van der Waals surface area contributed by atoms with Gasteiger partial charge in [-0.15, -0.1) is 0 Å². The number of fused-ring (bicyclic) bond motifs is 1. The molecule has 1 aliphatic rings. The average Bonchev–Trinajstić information content (AvgIpc) is 3.02. The van der Waals surface area contributed by atoms with Crippen molar-refractivity contribution in [2.75, 3.05) is 18.7 Å². The molecule has 1 atom stereocenters. The highest BCUT2D eigenvalue weighted by molar-refractivity contribution is 7.82. The van der Waals surface area contributed by atoms with Crippen LogP contribution in [0.2, 0.25) is 0 Å². The molecule has 132 valence electrons. The zero-order chi connectivity index (χ0) is 18.0. The number of methoxy groups -OCH3 is 1. The first kappa shape index (κ1) is 17.4.